The summed E-state index contributed by atoms with van der Waals surface area (Å²) in [6.07, 6.45) is -1.09. The van der Waals surface area contributed by atoms with Gasteiger partial charge in [0, 0.05) is 26.1 Å². The zero-order valence-electron chi connectivity index (χ0n) is 9.80. The molecular weight excluding hydrogens is 228 g/mol. The summed E-state index contributed by atoms with van der Waals surface area (Å²) < 4.78 is 15.6. The SMILES string of the molecule is COC(=O)C1(O)CC(O)C2OCCCOC2C1. The van der Waals surface area contributed by atoms with Crippen molar-refractivity contribution in [2.75, 3.05) is 20.3 Å². The summed E-state index contributed by atoms with van der Waals surface area (Å²) >= 11 is 0. The van der Waals surface area contributed by atoms with Crippen LogP contribution in [0.25, 0.3) is 0 Å². The maximum absolute atomic E-state index is 11.5. The Hall–Kier alpha value is -0.690. The number of ether oxygens (including phenoxy) is 3. The second-order valence-corrected chi connectivity index (χ2v) is 4.60. The van der Waals surface area contributed by atoms with Crippen molar-refractivity contribution in [2.24, 2.45) is 0 Å². The second kappa shape index (κ2) is 4.89. The number of carbonyl (C=O) groups excluding carboxylic acids is 1. The number of carbonyl (C=O) groups is 1. The van der Waals surface area contributed by atoms with E-state index in [2.05, 4.69) is 4.74 Å². The van der Waals surface area contributed by atoms with Crippen molar-refractivity contribution >= 4 is 5.97 Å². The molecule has 0 spiro atoms. The molecule has 4 atom stereocenters. The Bertz CT molecular complexity index is 294. The normalized spacial score (nSPS) is 42.4. The molecule has 98 valence electrons. The molecule has 0 aromatic heterocycles. The minimum Gasteiger partial charge on any atom is -0.467 e. The molecule has 1 saturated heterocycles. The predicted octanol–water partition coefficient (Wildman–Crippen LogP) is -0.781. The van der Waals surface area contributed by atoms with Crippen LogP contribution in [0.3, 0.4) is 0 Å². The number of rotatable bonds is 1. The van der Waals surface area contributed by atoms with Crippen LogP contribution < -0.4 is 0 Å². The van der Waals surface area contributed by atoms with Crippen LogP contribution in [0.5, 0.6) is 0 Å². The summed E-state index contributed by atoms with van der Waals surface area (Å²) in [7, 11) is 1.21. The Kier molecular flexibility index (Phi) is 3.67. The van der Waals surface area contributed by atoms with Gasteiger partial charge in [-0.3, -0.25) is 0 Å². The minimum atomic E-state index is -1.68. The molecule has 6 nitrogen and oxygen atoms in total. The van der Waals surface area contributed by atoms with Gasteiger partial charge < -0.3 is 24.4 Å². The fourth-order valence-corrected chi connectivity index (χ4v) is 2.48. The smallest absolute Gasteiger partial charge is 0.338 e. The highest BCUT2D eigenvalue weighted by molar-refractivity contribution is 5.79. The molecule has 0 aromatic rings. The van der Waals surface area contributed by atoms with E-state index in [9.17, 15) is 15.0 Å². The zero-order valence-corrected chi connectivity index (χ0v) is 9.80. The summed E-state index contributed by atoms with van der Waals surface area (Å²) in [4.78, 5) is 11.5. The van der Waals surface area contributed by atoms with Gasteiger partial charge in [-0.1, -0.05) is 0 Å². The molecule has 1 heterocycles. The van der Waals surface area contributed by atoms with Crippen molar-refractivity contribution < 1.29 is 29.2 Å². The molecule has 1 saturated carbocycles. The van der Waals surface area contributed by atoms with E-state index in [1.807, 2.05) is 0 Å². The second-order valence-electron chi connectivity index (χ2n) is 4.60. The van der Waals surface area contributed by atoms with Crippen LogP contribution in [-0.2, 0) is 19.0 Å². The molecule has 2 fully saturated rings. The number of aliphatic hydroxyl groups is 2. The third kappa shape index (κ3) is 2.44. The number of aliphatic hydroxyl groups excluding tert-OH is 1. The van der Waals surface area contributed by atoms with E-state index in [1.54, 1.807) is 0 Å². The number of hydrogen-bond acceptors (Lipinski definition) is 6. The molecule has 0 amide bonds. The summed E-state index contributed by atoms with van der Waals surface area (Å²) in [5, 5.41) is 20.1. The molecule has 0 bridgehead atoms. The Balaban J connectivity index is 2.14. The molecular formula is C11H18O6. The van der Waals surface area contributed by atoms with Crippen LogP contribution in [-0.4, -0.2) is 60.4 Å². The summed E-state index contributed by atoms with van der Waals surface area (Å²) in [5.74, 6) is -0.733. The van der Waals surface area contributed by atoms with Gasteiger partial charge in [-0.2, -0.15) is 0 Å². The lowest BCUT2D eigenvalue weighted by Gasteiger charge is -2.41. The maximum Gasteiger partial charge on any atom is 0.338 e. The topological polar surface area (TPSA) is 85.2 Å². The van der Waals surface area contributed by atoms with Crippen LogP contribution in [0.1, 0.15) is 19.3 Å². The van der Waals surface area contributed by atoms with Crippen LogP contribution in [0.4, 0.5) is 0 Å². The Morgan fingerprint density at radius 2 is 2.06 bits per heavy atom. The third-order valence-corrected chi connectivity index (χ3v) is 3.33. The Morgan fingerprint density at radius 1 is 1.35 bits per heavy atom. The van der Waals surface area contributed by atoms with E-state index < -0.39 is 29.9 Å². The molecule has 4 unspecified atom stereocenters. The van der Waals surface area contributed by atoms with Gasteiger partial charge in [0.25, 0.3) is 0 Å². The monoisotopic (exact) mass is 246 g/mol. The molecule has 2 N–H and O–H groups in total. The van der Waals surface area contributed by atoms with Crippen LogP contribution >= 0.6 is 0 Å². The first-order valence-corrected chi connectivity index (χ1v) is 5.79. The highest BCUT2D eigenvalue weighted by Gasteiger charge is 2.51. The van der Waals surface area contributed by atoms with Gasteiger partial charge in [-0.15, -0.1) is 0 Å². The van der Waals surface area contributed by atoms with Gasteiger partial charge >= 0.3 is 5.97 Å². The molecule has 0 radical (unpaired) electrons. The third-order valence-electron chi connectivity index (χ3n) is 3.33. The van der Waals surface area contributed by atoms with Gasteiger partial charge in [0.15, 0.2) is 5.60 Å². The molecule has 0 aromatic carbocycles. The first-order valence-electron chi connectivity index (χ1n) is 5.79. The number of fused-ring (bicyclic) bond motifs is 1. The predicted molar refractivity (Wildman–Crippen MR) is 56.3 cm³/mol. The fraction of sp³-hybridized carbons (Fsp3) is 0.909. The lowest BCUT2D eigenvalue weighted by molar-refractivity contribution is -0.197. The molecule has 17 heavy (non-hydrogen) atoms. The van der Waals surface area contributed by atoms with Gasteiger partial charge in [0.1, 0.15) is 6.10 Å². The van der Waals surface area contributed by atoms with Crippen molar-refractivity contribution in [1.29, 1.82) is 0 Å². The Labute approximate surface area is 99.5 Å². The molecule has 2 rings (SSSR count). The van der Waals surface area contributed by atoms with E-state index >= 15 is 0 Å². The highest BCUT2D eigenvalue weighted by Crippen LogP contribution is 2.34. The van der Waals surface area contributed by atoms with Crippen molar-refractivity contribution in [3.05, 3.63) is 0 Å². The number of esters is 1. The van der Waals surface area contributed by atoms with Crippen LogP contribution in [0.2, 0.25) is 0 Å². The van der Waals surface area contributed by atoms with Crippen molar-refractivity contribution in [3.8, 4) is 0 Å². The average Bonchev–Trinajstić information content (AvgIpc) is 2.53. The first-order chi connectivity index (χ1) is 8.07. The molecule has 1 aliphatic carbocycles. The lowest BCUT2D eigenvalue weighted by Crippen LogP contribution is -2.57. The zero-order chi connectivity index (χ0) is 12.5. The van der Waals surface area contributed by atoms with E-state index in [-0.39, 0.29) is 12.8 Å². The fourth-order valence-electron chi connectivity index (χ4n) is 2.48. The van der Waals surface area contributed by atoms with E-state index in [0.29, 0.717) is 13.2 Å². The van der Waals surface area contributed by atoms with Crippen molar-refractivity contribution in [3.63, 3.8) is 0 Å². The highest BCUT2D eigenvalue weighted by atomic mass is 16.6. The van der Waals surface area contributed by atoms with Crippen molar-refractivity contribution in [2.45, 2.75) is 43.2 Å². The average molecular weight is 246 g/mol. The van der Waals surface area contributed by atoms with Gasteiger partial charge in [-0.25, -0.2) is 4.79 Å². The van der Waals surface area contributed by atoms with Gasteiger partial charge in [-0.05, 0) is 6.42 Å². The minimum absolute atomic E-state index is 0.0792. The van der Waals surface area contributed by atoms with Crippen LogP contribution in [0.15, 0.2) is 0 Å². The number of methoxy groups -OCH3 is 1. The van der Waals surface area contributed by atoms with Crippen molar-refractivity contribution in [1.82, 2.24) is 0 Å². The molecule has 6 heteroatoms. The van der Waals surface area contributed by atoms with E-state index in [0.717, 1.165) is 6.42 Å². The number of hydrogen-bond donors (Lipinski definition) is 2. The molecule has 1 aliphatic heterocycles. The lowest BCUT2D eigenvalue weighted by atomic mass is 9.79. The van der Waals surface area contributed by atoms with E-state index in [1.165, 1.54) is 7.11 Å². The Morgan fingerprint density at radius 3 is 2.76 bits per heavy atom. The largest absolute Gasteiger partial charge is 0.467 e. The van der Waals surface area contributed by atoms with Gasteiger partial charge in [0.05, 0.1) is 19.3 Å². The molecule has 2 aliphatic rings. The van der Waals surface area contributed by atoms with E-state index in [4.69, 9.17) is 9.47 Å². The summed E-state index contributed by atoms with van der Waals surface area (Å²) in [5.41, 5.74) is -1.68. The standard InChI is InChI=1S/C11H18O6/c1-15-10(13)11(14)5-7(12)9-8(6-11)16-3-2-4-17-9/h7-9,12,14H,2-6H2,1H3. The van der Waals surface area contributed by atoms with Crippen LogP contribution in [0, 0.1) is 0 Å². The summed E-state index contributed by atoms with van der Waals surface area (Å²) in [6, 6.07) is 0. The first kappa shape index (κ1) is 12.8. The quantitative estimate of drug-likeness (QED) is 0.590. The van der Waals surface area contributed by atoms with Gasteiger partial charge in [0.2, 0.25) is 0 Å². The maximum atomic E-state index is 11.5. The summed E-state index contributed by atoms with van der Waals surface area (Å²) in [6.45, 7) is 1.03.